The quantitative estimate of drug-likeness (QED) is 0.445. The Kier molecular flexibility index (Phi) is 2.40. The second kappa shape index (κ2) is 2.68. The minimum Gasteiger partial charge on any atom is -0.361 e. The smallest absolute Gasteiger partial charge is 0.309 e. The molecule has 0 aromatic rings. The van der Waals surface area contributed by atoms with E-state index in [1.165, 1.54) is 0 Å². The fourth-order valence-corrected chi connectivity index (χ4v) is 0.402. The molecule has 0 rings (SSSR count). The van der Waals surface area contributed by atoms with Crippen LogP contribution in [0, 0.1) is 0 Å². The van der Waals surface area contributed by atoms with E-state index in [9.17, 15) is 9.59 Å². The van der Waals surface area contributed by atoms with E-state index in [0.717, 1.165) is 0 Å². The lowest BCUT2D eigenvalue weighted by atomic mass is 10.1. The normalized spacial score (nSPS) is 10.7. The maximum absolute atomic E-state index is 10.6. The fourth-order valence-electron chi connectivity index (χ4n) is 0.402. The van der Waals surface area contributed by atoms with E-state index in [2.05, 4.69) is 5.32 Å². The summed E-state index contributed by atoms with van der Waals surface area (Å²) >= 11 is 0. The number of amides is 2. The summed E-state index contributed by atoms with van der Waals surface area (Å²) in [4.78, 5) is 20.8. The van der Waals surface area contributed by atoms with E-state index in [4.69, 9.17) is 5.73 Å². The molecule has 10 heavy (non-hydrogen) atoms. The third kappa shape index (κ3) is 3.88. The molecule has 0 aliphatic carbocycles. The van der Waals surface area contributed by atoms with Crippen molar-refractivity contribution in [1.82, 2.24) is 5.32 Å². The van der Waals surface area contributed by atoms with Crippen LogP contribution in [-0.2, 0) is 9.59 Å². The molecule has 0 radical (unpaired) electrons. The average molecular weight is 144 g/mol. The summed E-state index contributed by atoms with van der Waals surface area (Å²) in [6.07, 6.45) is 0. The fraction of sp³-hybridized carbons (Fsp3) is 0.667. The van der Waals surface area contributed by atoms with Crippen LogP contribution in [0.3, 0.4) is 0 Å². The van der Waals surface area contributed by atoms with Crippen LogP contribution in [0.15, 0.2) is 0 Å². The molecule has 0 aliphatic heterocycles. The molecule has 0 unspecified atom stereocenters. The van der Waals surface area contributed by atoms with E-state index >= 15 is 0 Å². The predicted molar refractivity (Wildman–Crippen MR) is 37.1 cm³/mol. The lowest BCUT2D eigenvalue weighted by Crippen LogP contribution is -2.46. The van der Waals surface area contributed by atoms with Gasteiger partial charge in [-0.2, -0.15) is 0 Å². The number of hydrogen-bond donors (Lipinski definition) is 2. The second-order valence-corrected chi connectivity index (χ2v) is 3.07. The maximum atomic E-state index is 10.6. The van der Waals surface area contributed by atoms with Gasteiger partial charge in [0, 0.05) is 5.54 Å². The van der Waals surface area contributed by atoms with E-state index in [0.29, 0.717) is 0 Å². The molecular formula is C6H12N2O2. The minimum atomic E-state index is -0.949. The van der Waals surface area contributed by atoms with Crippen molar-refractivity contribution in [2.75, 3.05) is 0 Å². The van der Waals surface area contributed by atoms with Gasteiger partial charge in [0.05, 0.1) is 0 Å². The number of rotatable bonds is 0. The van der Waals surface area contributed by atoms with Crippen molar-refractivity contribution in [1.29, 1.82) is 0 Å². The third-order valence-electron chi connectivity index (χ3n) is 0.712. The van der Waals surface area contributed by atoms with Gasteiger partial charge in [-0.05, 0) is 20.8 Å². The van der Waals surface area contributed by atoms with Gasteiger partial charge in [0.15, 0.2) is 0 Å². The average Bonchev–Trinajstić information content (AvgIpc) is 1.60. The summed E-state index contributed by atoms with van der Waals surface area (Å²) in [5.41, 5.74) is 4.30. The molecule has 4 heteroatoms. The van der Waals surface area contributed by atoms with Crippen LogP contribution in [-0.4, -0.2) is 17.4 Å². The first-order valence-electron chi connectivity index (χ1n) is 2.95. The summed E-state index contributed by atoms with van der Waals surface area (Å²) in [5.74, 6) is -1.69. The van der Waals surface area contributed by atoms with Crippen molar-refractivity contribution in [3.8, 4) is 0 Å². The number of primary amides is 1. The first-order valence-corrected chi connectivity index (χ1v) is 2.95. The van der Waals surface area contributed by atoms with Crippen LogP contribution in [0.4, 0.5) is 0 Å². The molecule has 0 aliphatic rings. The zero-order valence-corrected chi connectivity index (χ0v) is 6.39. The van der Waals surface area contributed by atoms with Crippen molar-refractivity contribution in [3.05, 3.63) is 0 Å². The standard InChI is InChI=1S/C6H12N2O2/c1-6(2,3)8-5(10)4(7)9/h1-3H3,(H2,7,9)(H,8,10). The minimum absolute atomic E-state index is 0.397. The van der Waals surface area contributed by atoms with Crippen LogP contribution < -0.4 is 11.1 Å². The molecule has 0 spiro atoms. The molecule has 4 nitrogen and oxygen atoms in total. The Labute approximate surface area is 59.8 Å². The van der Waals surface area contributed by atoms with Gasteiger partial charge >= 0.3 is 11.8 Å². The highest BCUT2D eigenvalue weighted by Crippen LogP contribution is 1.96. The van der Waals surface area contributed by atoms with Crippen LogP contribution in [0.5, 0.6) is 0 Å². The van der Waals surface area contributed by atoms with Gasteiger partial charge in [-0.3, -0.25) is 9.59 Å². The molecule has 58 valence electrons. The molecular weight excluding hydrogens is 132 g/mol. The molecule has 2 amide bonds. The Morgan fingerprint density at radius 2 is 1.70 bits per heavy atom. The number of carbonyl (C=O) groups excluding carboxylic acids is 2. The molecule has 0 saturated carbocycles. The van der Waals surface area contributed by atoms with Gasteiger partial charge in [0.1, 0.15) is 0 Å². The van der Waals surface area contributed by atoms with E-state index in [1.807, 2.05) is 0 Å². The van der Waals surface area contributed by atoms with Crippen LogP contribution >= 0.6 is 0 Å². The number of carbonyl (C=O) groups is 2. The summed E-state index contributed by atoms with van der Waals surface area (Å²) in [7, 11) is 0. The number of nitrogens with one attached hydrogen (secondary N) is 1. The number of nitrogens with two attached hydrogens (primary N) is 1. The van der Waals surface area contributed by atoms with Gasteiger partial charge in [0.2, 0.25) is 0 Å². The van der Waals surface area contributed by atoms with Gasteiger partial charge in [-0.1, -0.05) is 0 Å². The highest BCUT2D eigenvalue weighted by Gasteiger charge is 2.16. The molecule has 0 bridgehead atoms. The van der Waals surface area contributed by atoms with Crippen molar-refractivity contribution < 1.29 is 9.59 Å². The predicted octanol–water partition coefficient (Wildman–Crippen LogP) is -0.614. The van der Waals surface area contributed by atoms with E-state index in [-0.39, 0.29) is 0 Å². The Balaban J connectivity index is 3.93. The lowest BCUT2D eigenvalue weighted by molar-refractivity contribution is -0.138. The Morgan fingerprint density at radius 1 is 1.30 bits per heavy atom. The zero-order valence-electron chi connectivity index (χ0n) is 6.39. The Bertz CT molecular complexity index is 158. The van der Waals surface area contributed by atoms with Crippen molar-refractivity contribution in [3.63, 3.8) is 0 Å². The van der Waals surface area contributed by atoms with Crippen molar-refractivity contribution in [2.24, 2.45) is 5.73 Å². The molecule has 0 atom stereocenters. The molecule has 0 aromatic carbocycles. The van der Waals surface area contributed by atoms with Gasteiger partial charge in [-0.25, -0.2) is 0 Å². The second-order valence-electron chi connectivity index (χ2n) is 3.07. The highest BCUT2D eigenvalue weighted by atomic mass is 16.2. The van der Waals surface area contributed by atoms with Gasteiger partial charge < -0.3 is 11.1 Å². The molecule has 0 saturated heterocycles. The number of hydrogen-bond acceptors (Lipinski definition) is 2. The summed E-state index contributed by atoms with van der Waals surface area (Å²) in [6, 6.07) is 0. The monoisotopic (exact) mass is 144 g/mol. The van der Waals surface area contributed by atoms with Crippen LogP contribution in [0.2, 0.25) is 0 Å². The maximum Gasteiger partial charge on any atom is 0.309 e. The van der Waals surface area contributed by atoms with Gasteiger partial charge in [0.25, 0.3) is 0 Å². The molecule has 0 fully saturated rings. The summed E-state index contributed by atoms with van der Waals surface area (Å²) in [5, 5.41) is 2.41. The zero-order chi connectivity index (χ0) is 8.36. The molecule has 0 heterocycles. The first-order chi connectivity index (χ1) is 4.33. The molecule has 0 aromatic heterocycles. The first kappa shape index (κ1) is 8.94. The Morgan fingerprint density at radius 3 is 1.80 bits per heavy atom. The largest absolute Gasteiger partial charge is 0.361 e. The van der Waals surface area contributed by atoms with Gasteiger partial charge in [-0.15, -0.1) is 0 Å². The SMILES string of the molecule is CC(C)(C)NC(=O)C(N)=O. The summed E-state index contributed by atoms with van der Waals surface area (Å²) < 4.78 is 0. The summed E-state index contributed by atoms with van der Waals surface area (Å²) in [6.45, 7) is 5.32. The Hall–Kier alpha value is -1.06. The van der Waals surface area contributed by atoms with E-state index in [1.54, 1.807) is 20.8 Å². The topological polar surface area (TPSA) is 72.2 Å². The highest BCUT2D eigenvalue weighted by molar-refractivity contribution is 6.34. The van der Waals surface area contributed by atoms with E-state index < -0.39 is 17.4 Å². The third-order valence-corrected chi connectivity index (χ3v) is 0.712. The van der Waals surface area contributed by atoms with Crippen molar-refractivity contribution >= 4 is 11.8 Å². The molecule has 3 N–H and O–H groups in total. The van der Waals surface area contributed by atoms with Crippen LogP contribution in [0.1, 0.15) is 20.8 Å². The van der Waals surface area contributed by atoms with Crippen molar-refractivity contribution in [2.45, 2.75) is 26.3 Å². The van der Waals surface area contributed by atoms with Crippen LogP contribution in [0.25, 0.3) is 0 Å². The lowest BCUT2D eigenvalue weighted by Gasteiger charge is -2.18.